The lowest BCUT2D eigenvalue weighted by atomic mass is 9.98. The Morgan fingerprint density at radius 1 is 1.50 bits per heavy atom. The fourth-order valence-electron chi connectivity index (χ4n) is 1.71. The van der Waals surface area contributed by atoms with E-state index in [0.29, 0.717) is 18.2 Å². The smallest absolute Gasteiger partial charge is 0.270 e. The summed E-state index contributed by atoms with van der Waals surface area (Å²) in [6, 6.07) is 0.0923. The Hall–Kier alpha value is -0.360. The van der Waals surface area contributed by atoms with Crippen molar-refractivity contribution in [3.05, 3.63) is 16.1 Å². The van der Waals surface area contributed by atoms with Crippen LogP contribution in [0.4, 0.5) is 0 Å². The van der Waals surface area contributed by atoms with Crippen LogP contribution < -0.4 is 11.1 Å². The van der Waals surface area contributed by atoms with Gasteiger partial charge in [-0.25, -0.2) is 4.98 Å². The number of carbonyl (C=O) groups is 1. The Morgan fingerprint density at radius 2 is 2.10 bits per heavy atom. The summed E-state index contributed by atoms with van der Waals surface area (Å²) in [6.45, 7) is 6.83. The number of nitrogens with two attached hydrogens (primary N) is 1. The summed E-state index contributed by atoms with van der Waals surface area (Å²) in [5.41, 5.74) is 6.45. The fourth-order valence-corrected chi connectivity index (χ4v) is 2.60. The summed E-state index contributed by atoms with van der Waals surface area (Å²) in [7, 11) is 0. The summed E-state index contributed by atoms with van der Waals surface area (Å²) in [5, 5.41) is 5.67. The second-order valence-electron chi connectivity index (χ2n) is 6.00. The van der Waals surface area contributed by atoms with Crippen LogP contribution >= 0.6 is 36.2 Å². The number of carbonyl (C=O) groups excluding carboxylic acids is 1. The Bertz CT molecular complexity index is 441. The average Bonchev–Trinajstić information content (AvgIpc) is 3.00. The standard InChI is InChI=1S/C13H21N3OS.2ClH/c1-13(2,3)12-16-10(7-18-12)11(17)15-6-9(14)8-4-5-8;;/h7-9H,4-6,14H2,1-3H3,(H,15,17);2*1H. The largest absolute Gasteiger partial charge is 0.349 e. The number of rotatable bonds is 4. The highest BCUT2D eigenvalue weighted by Gasteiger charge is 2.28. The van der Waals surface area contributed by atoms with E-state index >= 15 is 0 Å². The van der Waals surface area contributed by atoms with Crippen LogP contribution in [-0.2, 0) is 5.41 Å². The fraction of sp³-hybridized carbons (Fsp3) is 0.692. The third kappa shape index (κ3) is 5.20. The number of hydrogen-bond acceptors (Lipinski definition) is 4. The lowest BCUT2D eigenvalue weighted by molar-refractivity contribution is 0.0945. The minimum atomic E-state index is -0.113. The van der Waals surface area contributed by atoms with Crippen LogP contribution in [0.3, 0.4) is 0 Å². The molecule has 1 fully saturated rings. The summed E-state index contributed by atoms with van der Waals surface area (Å²) in [4.78, 5) is 16.3. The van der Waals surface area contributed by atoms with Gasteiger partial charge in [0.2, 0.25) is 0 Å². The molecule has 3 N–H and O–H groups in total. The van der Waals surface area contributed by atoms with E-state index in [1.54, 1.807) is 0 Å². The second kappa shape index (κ2) is 7.59. The van der Waals surface area contributed by atoms with Gasteiger partial charge in [-0.3, -0.25) is 4.79 Å². The van der Waals surface area contributed by atoms with Crippen LogP contribution in [0.1, 0.15) is 49.1 Å². The molecule has 7 heteroatoms. The monoisotopic (exact) mass is 339 g/mol. The normalized spacial score (nSPS) is 15.8. The van der Waals surface area contributed by atoms with Gasteiger partial charge in [0.1, 0.15) is 5.69 Å². The van der Waals surface area contributed by atoms with Crippen LogP contribution in [0.15, 0.2) is 5.38 Å². The summed E-state index contributed by atoms with van der Waals surface area (Å²) >= 11 is 1.53. The molecular weight excluding hydrogens is 317 g/mol. The number of amides is 1. The number of nitrogens with one attached hydrogen (secondary N) is 1. The van der Waals surface area contributed by atoms with E-state index in [1.807, 2.05) is 5.38 Å². The summed E-state index contributed by atoms with van der Waals surface area (Å²) in [5.74, 6) is 0.490. The molecule has 0 spiro atoms. The highest BCUT2D eigenvalue weighted by molar-refractivity contribution is 7.10. The number of aromatic nitrogens is 1. The number of halogens is 2. The van der Waals surface area contributed by atoms with E-state index < -0.39 is 0 Å². The zero-order valence-electron chi connectivity index (χ0n) is 12.0. The molecule has 0 aliphatic heterocycles. The average molecular weight is 340 g/mol. The Morgan fingerprint density at radius 3 is 2.55 bits per heavy atom. The molecule has 1 saturated carbocycles. The molecular formula is C13H23Cl2N3OS. The zero-order chi connectivity index (χ0) is 13.3. The van der Waals surface area contributed by atoms with Crippen molar-refractivity contribution in [2.75, 3.05) is 6.54 Å². The first kappa shape index (κ1) is 19.6. The Kier molecular flexibility index (Phi) is 7.46. The van der Waals surface area contributed by atoms with Gasteiger partial charge in [-0.1, -0.05) is 20.8 Å². The van der Waals surface area contributed by atoms with Crippen molar-refractivity contribution in [1.29, 1.82) is 0 Å². The van der Waals surface area contributed by atoms with Crippen molar-refractivity contribution in [3.63, 3.8) is 0 Å². The van der Waals surface area contributed by atoms with Gasteiger partial charge >= 0.3 is 0 Å². The first-order valence-electron chi connectivity index (χ1n) is 6.37. The van der Waals surface area contributed by atoms with E-state index in [2.05, 4.69) is 31.1 Å². The molecule has 1 amide bonds. The molecule has 1 aromatic rings. The molecule has 116 valence electrons. The molecule has 0 saturated heterocycles. The first-order chi connectivity index (χ1) is 8.38. The minimum Gasteiger partial charge on any atom is -0.349 e. The SMILES string of the molecule is CC(C)(C)c1nc(C(=O)NCC(N)C2CC2)cs1.Cl.Cl. The van der Waals surface area contributed by atoms with Crippen LogP contribution in [0.2, 0.25) is 0 Å². The van der Waals surface area contributed by atoms with Gasteiger partial charge in [-0.15, -0.1) is 36.2 Å². The quantitative estimate of drug-likeness (QED) is 0.886. The lowest BCUT2D eigenvalue weighted by Crippen LogP contribution is -2.38. The maximum Gasteiger partial charge on any atom is 0.270 e. The van der Waals surface area contributed by atoms with Crippen LogP contribution in [0, 0.1) is 5.92 Å². The van der Waals surface area contributed by atoms with Crippen molar-refractivity contribution >= 4 is 42.1 Å². The molecule has 0 bridgehead atoms. The molecule has 4 nitrogen and oxygen atoms in total. The Labute approximate surface area is 136 Å². The van der Waals surface area contributed by atoms with E-state index in [-0.39, 0.29) is 42.2 Å². The maximum atomic E-state index is 11.9. The van der Waals surface area contributed by atoms with Crippen molar-refractivity contribution in [1.82, 2.24) is 10.3 Å². The van der Waals surface area contributed by atoms with Crippen LogP contribution in [-0.4, -0.2) is 23.5 Å². The maximum absolute atomic E-state index is 11.9. The van der Waals surface area contributed by atoms with Crippen molar-refractivity contribution in [2.24, 2.45) is 11.7 Å². The zero-order valence-corrected chi connectivity index (χ0v) is 14.5. The van der Waals surface area contributed by atoms with Gasteiger partial charge in [0.15, 0.2) is 0 Å². The van der Waals surface area contributed by atoms with Gasteiger partial charge in [-0.2, -0.15) is 0 Å². The minimum absolute atomic E-state index is 0. The molecule has 1 atom stereocenters. The first-order valence-corrected chi connectivity index (χ1v) is 7.25. The molecule has 1 aromatic heterocycles. The van der Waals surface area contributed by atoms with Crippen molar-refractivity contribution in [2.45, 2.75) is 45.1 Å². The Balaban J connectivity index is 0.00000180. The van der Waals surface area contributed by atoms with Gasteiger partial charge in [0.25, 0.3) is 5.91 Å². The summed E-state index contributed by atoms with van der Waals surface area (Å²) in [6.07, 6.45) is 2.39. The number of thiazole rings is 1. The molecule has 2 rings (SSSR count). The van der Waals surface area contributed by atoms with E-state index in [0.717, 1.165) is 5.01 Å². The van der Waals surface area contributed by atoms with E-state index in [9.17, 15) is 4.79 Å². The highest BCUT2D eigenvalue weighted by Crippen LogP contribution is 2.31. The molecule has 0 radical (unpaired) electrons. The molecule has 1 aliphatic carbocycles. The van der Waals surface area contributed by atoms with Crippen LogP contribution in [0.5, 0.6) is 0 Å². The molecule has 1 heterocycles. The predicted molar refractivity (Wildman–Crippen MR) is 88.3 cm³/mol. The topological polar surface area (TPSA) is 68.0 Å². The number of nitrogens with zero attached hydrogens (tertiary/aromatic N) is 1. The number of hydrogen-bond donors (Lipinski definition) is 2. The molecule has 1 unspecified atom stereocenters. The second-order valence-corrected chi connectivity index (χ2v) is 6.86. The highest BCUT2D eigenvalue weighted by atomic mass is 35.5. The van der Waals surface area contributed by atoms with E-state index in [4.69, 9.17) is 5.73 Å². The molecule has 1 aliphatic rings. The van der Waals surface area contributed by atoms with Gasteiger partial charge in [-0.05, 0) is 18.8 Å². The van der Waals surface area contributed by atoms with Gasteiger partial charge in [0.05, 0.1) is 5.01 Å². The molecule has 20 heavy (non-hydrogen) atoms. The van der Waals surface area contributed by atoms with Crippen LogP contribution in [0.25, 0.3) is 0 Å². The predicted octanol–water partition coefficient (Wildman–Crippen LogP) is 2.75. The van der Waals surface area contributed by atoms with E-state index in [1.165, 1.54) is 24.2 Å². The third-order valence-electron chi connectivity index (χ3n) is 3.10. The lowest BCUT2D eigenvalue weighted by Gasteiger charge is -2.13. The van der Waals surface area contributed by atoms with Crippen molar-refractivity contribution < 1.29 is 4.79 Å². The van der Waals surface area contributed by atoms with Gasteiger partial charge in [0, 0.05) is 23.4 Å². The third-order valence-corrected chi connectivity index (χ3v) is 4.37. The summed E-state index contributed by atoms with van der Waals surface area (Å²) < 4.78 is 0. The van der Waals surface area contributed by atoms with Gasteiger partial charge < -0.3 is 11.1 Å². The molecule has 0 aromatic carbocycles. The van der Waals surface area contributed by atoms with Crippen molar-refractivity contribution in [3.8, 4) is 0 Å².